The van der Waals surface area contributed by atoms with Crippen LogP contribution in [-0.4, -0.2) is 31.7 Å². The summed E-state index contributed by atoms with van der Waals surface area (Å²) in [6.45, 7) is 6.47. The van der Waals surface area contributed by atoms with E-state index in [1.165, 1.54) is 0 Å². The molecule has 0 amide bonds. The van der Waals surface area contributed by atoms with Gasteiger partial charge in [-0.3, -0.25) is 4.99 Å². The predicted molar refractivity (Wildman–Crippen MR) is 113 cm³/mol. The number of nitrogens with zero attached hydrogens (tertiary/aromatic N) is 3. The van der Waals surface area contributed by atoms with Crippen molar-refractivity contribution < 1.29 is 9.47 Å². The first-order valence-electron chi connectivity index (χ1n) is 8.28. The highest BCUT2D eigenvalue weighted by molar-refractivity contribution is 7.14. The summed E-state index contributed by atoms with van der Waals surface area (Å²) in [7, 11) is 3.26. The predicted octanol–water partition coefficient (Wildman–Crippen LogP) is 4.65. The Bertz CT molecular complexity index is 1010. The molecule has 2 aromatic heterocycles. The molecule has 0 bridgehead atoms. The molecule has 0 spiro atoms. The van der Waals surface area contributed by atoms with Gasteiger partial charge in [0.2, 0.25) is 4.80 Å². The largest absolute Gasteiger partial charge is 0.497 e. The molecule has 0 radical (unpaired) electrons. The molecule has 3 aromatic rings. The minimum absolute atomic E-state index is 0.575. The summed E-state index contributed by atoms with van der Waals surface area (Å²) in [5.41, 5.74) is 2.88. The molecule has 0 saturated heterocycles. The molecule has 0 unspecified atom stereocenters. The normalized spacial score (nSPS) is 11.9. The zero-order valence-electron chi connectivity index (χ0n) is 15.5. The third-order valence-corrected chi connectivity index (χ3v) is 5.44. The fourth-order valence-electron chi connectivity index (χ4n) is 2.36. The maximum absolute atomic E-state index is 5.46. The Morgan fingerprint density at radius 2 is 2.07 bits per heavy atom. The molecule has 0 aliphatic carbocycles. The van der Waals surface area contributed by atoms with Gasteiger partial charge < -0.3 is 9.47 Å². The number of rotatable bonds is 7. The van der Waals surface area contributed by atoms with Crippen LogP contribution in [0.15, 0.2) is 63.3 Å². The Kier molecular flexibility index (Phi) is 6.26. The van der Waals surface area contributed by atoms with Crippen molar-refractivity contribution in [3.8, 4) is 22.1 Å². The summed E-state index contributed by atoms with van der Waals surface area (Å²) in [5, 5.41) is 8.83. The number of thiazole rings is 1. The summed E-state index contributed by atoms with van der Waals surface area (Å²) >= 11 is 3.24. The SMILES string of the molecule is C=C(C)CN=c1scc(-c2cccs2)n1N=Cc1ccc(OC)cc1OC. The zero-order chi connectivity index (χ0) is 19.2. The van der Waals surface area contributed by atoms with Crippen molar-refractivity contribution in [2.45, 2.75) is 6.92 Å². The van der Waals surface area contributed by atoms with Crippen LogP contribution in [0, 0.1) is 0 Å². The molecule has 1 aromatic carbocycles. The fourth-order valence-corrected chi connectivity index (χ4v) is 3.99. The Balaban J connectivity index is 2.05. The van der Waals surface area contributed by atoms with E-state index < -0.39 is 0 Å². The molecule has 0 aliphatic heterocycles. The van der Waals surface area contributed by atoms with E-state index in [0.29, 0.717) is 12.3 Å². The van der Waals surface area contributed by atoms with Crippen LogP contribution in [0.25, 0.3) is 10.6 Å². The number of aromatic nitrogens is 1. The average Bonchev–Trinajstić information content (AvgIpc) is 3.33. The second kappa shape index (κ2) is 8.83. The molecule has 0 atom stereocenters. The van der Waals surface area contributed by atoms with Crippen molar-refractivity contribution in [1.82, 2.24) is 4.68 Å². The highest BCUT2D eigenvalue weighted by atomic mass is 32.1. The second-order valence-electron chi connectivity index (χ2n) is 5.82. The van der Waals surface area contributed by atoms with Gasteiger partial charge in [-0.2, -0.15) is 5.10 Å². The Hall–Kier alpha value is -2.64. The fraction of sp³-hybridized carbons (Fsp3) is 0.200. The third kappa shape index (κ3) is 4.56. The summed E-state index contributed by atoms with van der Waals surface area (Å²) < 4.78 is 12.6. The van der Waals surface area contributed by atoms with Gasteiger partial charge in [0, 0.05) is 17.0 Å². The lowest BCUT2D eigenvalue weighted by molar-refractivity contribution is 0.394. The van der Waals surface area contributed by atoms with Crippen LogP contribution in [0.2, 0.25) is 0 Å². The van der Waals surface area contributed by atoms with Crippen LogP contribution >= 0.6 is 22.7 Å². The van der Waals surface area contributed by atoms with Gasteiger partial charge in [-0.15, -0.1) is 22.7 Å². The first kappa shape index (κ1) is 19.1. The van der Waals surface area contributed by atoms with Crippen molar-refractivity contribution in [2.24, 2.45) is 10.1 Å². The standard InChI is InChI=1S/C20H21N3O2S2/c1-14(2)11-21-20-23(17(13-27-20)19-6-5-9-26-19)22-12-15-7-8-16(24-3)10-18(15)25-4/h5-10,12-13H,1,11H2,2-4H3. The van der Waals surface area contributed by atoms with Gasteiger partial charge in [0.25, 0.3) is 0 Å². The molecule has 0 N–H and O–H groups in total. The molecular formula is C20H21N3O2S2. The zero-order valence-corrected chi connectivity index (χ0v) is 17.1. The van der Waals surface area contributed by atoms with E-state index >= 15 is 0 Å². The quantitative estimate of drug-likeness (QED) is 0.429. The second-order valence-corrected chi connectivity index (χ2v) is 7.60. The summed E-state index contributed by atoms with van der Waals surface area (Å²) in [5.74, 6) is 1.44. The summed E-state index contributed by atoms with van der Waals surface area (Å²) in [4.78, 5) is 6.60. The Morgan fingerprint density at radius 1 is 1.22 bits per heavy atom. The van der Waals surface area contributed by atoms with E-state index in [9.17, 15) is 0 Å². The number of thiophene rings is 1. The van der Waals surface area contributed by atoms with E-state index in [2.05, 4.69) is 28.4 Å². The topological polar surface area (TPSA) is 48.1 Å². The van der Waals surface area contributed by atoms with Gasteiger partial charge in [-0.1, -0.05) is 18.2 Å². The van der Waals surface area contributed by atoms with E-state index in [-0.39, 0.29) is 0 Å². The average molecular weight is 400 g/mol. The van der Waals surface area contributed by atoms with E-state index in [4.69, 9.17) is 14.6 Å². The first-order chi connectivity index (χ1) is 13.1. The molecule has 27 heavy (non-hydrogen) atoms. The number of hydrogen-bond donors (Lipinski definition) is 0. The smallest absolute Gasteiger partial charge is 0.206 e. The lowest BCUT2D eigenvalue weighted by Crippen LogP contribution is -2.12. The summed E-state index contributed by atoms with van der Waals surface area (Å²) in [6.07, 6.45) is 1.78. The highest BCUT2D eigenvalue weighted by Gasteiger charge is 2.09. The molecular weight excluding hydrogens is 378 g/mol. The number of benzene rings is 1. The maximum Gasteiger partial charge on any atom is 0.206 e. The Labute approximate surface area is 166 Å². The maximum atomic E-state index is 5.46. The minimum atomic E-state index is 0.575. The van der Waals surface area contributed by atoms with Gasteiger partial charge in [-0.25, -0.2) is 4.68 Å². The molecule has 2 heterocycles. The van der Waals surface area contributed by atoms with E-state index in [1.807, 2.05) is 35.9 Å². The van der Waals surface area contributed by atoms with Crippen molar-refractivity contribution in [1.29, 1.82) is 0 Å². The monoisotopic (exact) mass is 399 g/mol. The van der Waals surface area contributed by atoms with Gasteiger partial charge in [-0.05, 0) is 30.5 Å². The van der Waals surface area contributed by atoms with E-state index in [1.54, 1.807) is 43.1 Å². The molecule has 0 saturated carbocycles. The van der Waals surface area contributed by atoms with Crippen LogP contribution in [0.5, 0.6) is 11.5 Å². The van der Waals surface area contributed by atoms with Gasteiger partial charge in [0.05, 0.1) is 37.6 Å². The first-order valence-corrected chi connectivity index (χ1v) is 10.0. The van der Waals surface area contributed by atoms with Crippen LogP contribution in [-0.2, 0) is 0 Å². The van der Waals surface area contributed by atoms with Crippen LogP contribution in [0.1, 0.15) is 12.5 Å². The highest BCUT2D eigenvalue weighted by Crippen LogP contribution is 2.26. The van der Waals surface area contributed by atoms with Crippen LogP contribution < -0.4 is 14.3 Å². The molecule has 3 rings (SSSR count). The molecule has 140 valence electrons. The lowest BCUT2D eigenvalue weighted by atomic mass is 10.2. The van der Waals surface area contributed by atoms with Crippen LogP contribution in [0.3, 0.4) is 0 Å². The van der Waals surface area contributed by atoms with Gasteiger partial charge in [0.1, 0.15) is 11.5 Å². The lowest BCUT2D eigenvalue weighted by Gasteiger charge is -2.07. The van der Waals surface area contributed by atoms with Gasteiger partial charge >= 0.3 is 0 Å². The third-order valence-electron chi connectivity index (χ3n) is 3.70. The van der Waals surface area contributed by atoms with E-state index in [0.717, 1.165) is 32.3 Å². The minimum Gasteiger partial charge on any atom is -0.497 e. The van der Waals surface area contributed by atoms with Crippen molar-refractivity contribution in [2.75, 3.05) is 20.8 Å². The number of ether oxygens (including phenoxy) is 2. The Morgan fingerprint density at radius 3 is 2.74 bits per heavy atom. The van der Waals surface area contributed by atoms with Crippen LogP contribution in [0.4, 0.5) is 0 Å². The summed E-state index contributed by atoms with van der Waals surface area (Å²) in [6, 6.07) is 9.75. The van der Waals surface area contributed by atoms with Crippen molar-refractivity contribution in [3.63, 3.8) is 0 Å². The molecule has 7 heteroatoms. The number of hydrogen-bond acceptors (Lipinski definition) is 6. The molecule has 0 fully saturated rings. The van der Waals surface area contributed by atoms with Gasteiger partial charge in [0.15, 0.2) is 0 Å². The molecule has 0 aliphatic rings. The molecule has 5 nitrogen and oxygen atoms in total. The van der Waals surface area contributed by atoms with Crippen molar-refractivity contribution >= 4 is 28.9 Å². The number of methoxy groups -OCH3 is 2. The van der Waals surface area contributed by atoms with Crippen molar-refractivity contribution in [3.05, 3.63) is 63.6 Å².